The van der Waals surface area contributed by atoms with Crippen molar-refractivity contribution < 1.29 is 4.79 Å². The monoisotopic (exact) mass is 339 g/mol. The summed E-state index contributed by atoms with van der Waals surface area (Å²) in [5.41, 5.74) is 2.30. The standard InChI is InChI=1S/C19H25N5O/c1-15-5-8-21-18(10-15)22-19(25)24-9-6-17(14-24)13-23(2)12-16-4-3-7-20-11-16/h3-5,7-8,10-11,17H,6,9,12-14H2,1-2H3,(H,21,22,25). The molecular weight excluding hydrogens is 314 g/mol. The molecule has 1 N–H and O–H groups in total. The van der Waals surface area contributed by atoms with Gasteiger partial charge in [0.25, 0.3) is 0 Å². The highest BCUT2D eigenvalue weighted by molar-refractivity contribution is 5.88. The van der Waals surface area contributed by atoms with E-state index >= 15 is 0 Å². The second kappa shape index (κ2) is 8.07. The number of nitrogens with one attached hydrogen (secondary N) is 1. The van der Waals surface area contributed by atoms with E-state index in [1.807, 2.05) is 36.2 Å². The molecule has 2 aromatic heterocycles. The maximum Gasteiger partial charge on any atom is 0.323 e. The van der Waals surface area contributed by atoms with Crippen LogP contribution in [0.2, 0.25) is 0 Å². The molecule has 0 saturated carbocycles. The Morgan fingerprint density at radius 3 is 3.04 bits per heavy atom. The van der Waals surface area contributed by atoms with Gasteiger partial charge in [0.15, 0.2) is 0 Å². The van der Waals surface area contributed by atoms with Crippen LogP contribution in [0.15, 0.2) is 42.9 Å². The first kappa shape index (κ1) is 17.4. The summed E-state index contributed by atoms with van der Waals surface area (Å²) in [6.45, 7) is 5.42. The lowest BCUT2D eigenvalue weighted by atomic mass is 10.1. The van der Waals surface area contributed by atoms with Crippen molar-refractivity contribution in [2.45, 2.75) is 19.9 Å². The molecule has 25 heavy (non-hydrogen) atoms. The van der Waals surface area contributed by atoms with Crippen molar-refractivity contribution in [1.29, 1.82) is 0 Å². The highest BCUT2D eigenvalue weighted by atomic mass is 16.2. The lowest BCUT2D eigenvalue weighted by Crippen LogP contribution is -2.34. The predicted molar refractivity (Wildman–Crippen MR) is 98.2 cm³/mol. The van der Waals surface area contributed by atoms with Gasteiger partial charge in [0, 0.05) is 44.8 Å². The SMILES string of the molecule is Cc1ccnc(NC(=O)N2CCC(CN(C)Cc3cccnc3)C2)c1. The lowest BCUT2D eigenvalue weighted by Gasteiger charge is -2.21. The van der Waals surface area contributed by atoms with E-state index in [9.17, 15) is 4.79 Å². The number of hydrogen-bond donors (Lipinski definition) is 1. The maximum absolute atomic E-state index is 12.4. The number of hydrogen-bond acceptors (Lipinski definition) is 4. The van der Waals surface area contributed by atoms with E-state index in [-0.39, 0.29) is 6.03 Å². The Morgan fingerprint density at radius 1 is 1.40 bits per heavy atom. The molecule has 1 saturated heterocycles. The summed E-state index contributed by atoms with van der Waals surface area (Å²) >= 11 is 0. The zero-order chi connectivity index (χ0) is 17.6. The third-order valence-corrected chi connectivity index (χ3v) is 4.47. The molecule has 2 amide bonds. The molecule has 2 aromatic rings. The van der Waals surface area contributed by atoms with E-state index in [0.29, 0.717) is 11.7 Å². The van der Waals surface area contributed by atoms with Crippen molar-refractivity contribution in [2.75, 3.05) is 32.0 Å². The number of amides is 2. The fourth-order valence-corrected chi connectivity index (χ4v) is 3.27. The van der Waals surface area contributed by atoms with Crippen LogP contribution in [0.25, 0.3) is 0 Å². The zero-order valence-corrected chi connectivity index (χ0v) is 14.9. The van der Waals surface area contributed by atoms with Crippen LogP contribution < -0.4 is 5.32 Å². The number of urea groups is 1. The average Bonchev–Trinajstić information content (AvgIpc) is 3.04. The number of aryl methyl sites for hydroxylation is 1. The molecule has 3 rings (SSSR count). The zero-order valence-electron chi connectivity index (χ0n) is 14.9. The largest absolute Gasteiger partial charge is 0.324 e. The fraction of sp³-hybridized carbons (Fsp3) is 0.421. The summed E-state index contributed by atoms with van der Waals surface area (Å²) in [6, 6.07) is 7.79. The lowest BCUT2D eigenvalue weighted by molar-refractivity contribution is 0.216. The van der Waals surface area contributed by atoms with Crippen LogP contribution in [0.5, 0.6) is 0 Å². The molecule has 1 fully saturated rings. The summed E-state index contributed by atoms with van der Waals surface area (Å²) in [4.78, 5) is 24.9. The van der Waals surface area contributed by atoms with Crippen LogP contribution >= 0.6 is 0 Å². The van der Waals surface area contributed by atoms with Gasteiger partial charge >= 0.3 is 6.03 Å². The van der Waals surface area contributed by atoms with Crippen molar-refractivity contribution in [3.8, 4) is 0 Å². The second-order valence-corrected chi connectivity index (χ2v) is 6.81. The Hall–Kier alpha value is -2.47. The molecule has 1 aliphatic rings. The smallest absolute Gasteiger partial charge is 0.323 e. The third-order valence-electron chi connectivity index (χ3n) is 4.47. The molecule has 6 nitrogen and oxygen atoms in total. The van der Waals surface area contributed by atoms with Crippen LogP contribution in [-0.4, -0.2) is 52.5 Å². The molecule has 3 heterocycles. The van der Waals surface area contributed by atoms with Crippen LogP contribution in [-0.2, 0) is 6.54 Å². The minimum Gasteiger partial charge on any atom is -0.324 e. The molecular formula is C19H25N5O. The van der Waals surface area contributed by atoms with Gasteiger partial charge in [-0.15, -0.1) is 0 Å². The molecule has 0 bridgehead atoms. The van der Waals surface area contributed by atoms with E-state index in [1.165, 1.54) is 5.56 Å². The second-order valence-electron chi connectivity index (χ2n) is 6.81. The molecule has 132 valence electrons. The number of carbonyl (C=O) groups is 1. The number of rotatable bonds is 5. The number of nitrogens with zero attached hydrogens (tertiary/aromatic N) is 4. The van der Waals surface area contributed by atoms with Crippen molar-refractivity contribution in [3.63, 3.8) is 0 Å². The van der Waals surface area contributed by atoms with Gasteiger partial charge in [-0.25, -0.2) is 9.78 Å². The van der Waals surface area contributed by atoms with Gasteiger partial charge in [-0.3, -0.25) is 10.3 Å². The summed E-state index contributed by atoms with van der Waals surface area (Å²) in [7, 11) is 2.12. The maximum atomic E-state index is 12.4. The van der Waals surface area contributed by atoms with Crippen molar-refractivity contribution in [1.82, 2.24) is 19.8 Å². The highest BCUT2D eigenvalue weighted by Gasteiger charge is 2.27. The van der Waals surface area contributed by atoms with Crippen molar-refractivity contribution >= 4 is 11.8 Å². The van der Waals surface area contributed by atoms with Gasteiger partial charge in [-0.1, -0.05) is 6.07 Å². The molecule has 0 aromatic carbocycles. The minimum atomic E-state index is -0.0597. The van der Waals surface area contributed by atoms with Gasteiger partial charge < -0.3 is 9.80 Å². The van der Waals surface area contributed by atoms with Crippen molar-refractivity contribution in [3.05, 3.63) is 54.0 Å². The van der Waals surface area contributed by atoms with Crippen LogP contribution in [0.3, 0.4) is 0 Å². The van der Waals surface area contributed by atoms with Crippen molar-refractivity contribution in [2.24, 2.45) is 5.92 Å². The summed E-state index contributed by atoms with van der Waals surface area (Å²) in [6.07, 6.45) is 6.44. The first-order chi connectivity index (χ1) is 12.1. The van der Waals surface area contributed by atoms with E-state index in [2.05, 4.69) is 33.3 Å². The Labute approximate surface area is 148 Å². The Kier molecular flexibility index (Phi) is 5.60. The van der Waals surface area contributed by atoms with E-state index < -0.39 is 0 Å². The minimum absolute atomic E-state index is 0.0597. The fourth-order valence-electron chi connectivity index (χ4n) is 3.27. The van der Waals surface area contributed by atoms with Gasteiger partial charge in [0.2, 0.25) is 0 Å². The Balaban J connectivity index is 1.47. The molecule has 0 radical (unpaired) electrons. The number of pyridine rings is 2. The van der Waals surface area contributed by atoms with E-state index in [4.69, 9.17) is 0 Å². The van der Waals surface area contributed by atoms with E-state index in [0.717, 1.165) is 38.2 Å². The Morgan fingerprint density at radius 2 is 2.28 bits per heavy atom. The molecule has 1 unspecified atom stereocenters. The van der Waals surface area contributed by atoms with Crippen LogP contribution in [0.1, 0.15) is 17.5 Å². The predicted octanol–water partition coefficient (Wildman–Crippen LogP) is 2.77. The summed E-state index contributed by atoms with van der Waals surface area (Å²) < 4.78 is 0. The van der Waals surface area contributed by atoms with Crippen LogP contribution in [0, 0.1) is 12.8 Å². The quantitative estimate of drug-likeness (QED) is 0.910. The average molecular weight is 339 g/mol. The van der Waals surface area contributed by atoms with Gasteiger partial charge in [-0.2, -0.15) is 0 Å². The number of anilines is 1. The molecule has 0 spiro atoms. The first-order valence-corrected chi connectivity index (χ1v) is 8.66. The van der Waals surface area contributed by atoms with Gasteiger partial charge in [0.1, 0.15) is 5.82 Å². The van der Waals surface area contributed by atoms with Gasteiger partial charge in [-0.05, 0) is 55.6 Å². The summed E-state index contributed by atoms with van der Waals surface area (Å²) in [5.74, 6) is 1.11. The van der Waals surface area contributed by atoms with Crippen LogP contribution in [0.4, 0.5) is 10.6 Å². The topological polar surface area (TPSA) is 61.4 Å². The molecule has 6 heteroatoms. The summed E-state index contributed by atoms with van der Waals surface area (Å²) in [5, 5.41) is 2.89. The van der Waals surface area contributed by atoms with E-state index in [1.54, 1.807) is 12.4 Å². The first-order valence-electron chi connectivity index (χ1n) is 8.66. The third kappa shape index (κ3) is 5.00. The molecule has 0 aliphatic carbocycles. The number of likely N-dealkylation sites (tertiary alicyclic amines) is 1. The number of aromatic nitrogens is 2. The molecule has 1 atom stereocenters. The van der Waals surface area contributed by atoms with Gasteiger partial charge in [0.05, 0.1) is 0 Å². The highest BCUT2D eigenvalue weighted by Crippen LogP contribution is 2.19. The Bertz CT molecular complexity index is 706. The normalized spacial score (nSPS) is 17.1. The number of carbonyl (C=O) groups excluding carboxylic acids is 1. The molecule has 1 aliphatic heterocycles.